The van der Waals surface area contributed by atoms with E-state index in [-0.39, 0.29) is 5.75 Å². The molecule has 138 valence electrons. The highest BCUT2D eigenvalue weighted by molar-refractivity contribution is 5.87. The molecule has 2 fully saturated rings. The Morgan fingerprint density at radius 3 is 2.63 bits per heavy atom. The number of piperidine rings is 1. The van der Waals surface area contributed by atoms with Crippen LogP contribution in [0.25, 0.3) is 22.2 Å². The molecular weight excluding hydrogens is 338 g/mol. The van der Waals surface area contributed by atoms with Gasteiger partial charge in [0.25, 0.3) is 0 Å². The van der Waals surface area contributed by atoms with Crippen molar-refractivity contribution in [1.82, 2.24) is 20.5 Å². The van der Waals surface area contributed by atoms with Gasteiger partial charge in [0.05, 0.1) is 11.2 Å². The van der Waals surface area contributed by atoms with E-state index in [9.17, 15) is 5.11 Å². The molecule has 2 bridgehead atoms. The van der Waals surface area contributed by atoms with E-state index in [0.29, 0.717) is 29.4 Å². The summed E-state index contributed by atoms with van der Waals surface area (Å²) in [7, 11) is 2.11. The summed E-state index contributed by atoms with van der Waals surface area (Å²) in [5.74, 6) is 1.05. The van der Waals surface area contributed by atoms with Gasteiger partial charge in [0.1, 0.15) is 5.75 Å². The molecule has 2 saturated heterocycles. The molecule has 4 heterocycles. The van der Waals surface area contributed by atoms with Crippen LogP contribution in [0.3, 0.4) is 0 Å². The van der Waals surface area contributed by atoms with Gasteiger partial charge in [0.2, 0.25) is 0 Å². The van der Waals surface area contributed by atoms with Gasteiger partial charge in [-0.3, -0.25) is 4.98 Å². The third-order valence-electron chi connectivity index (χ3n) is 6.00. The quantitative estimate of drug-likeness (QED) is 0.747. The first-order chi connectivity index (χ1) is 13.2. The molecule has 3 atom stereocenters. The topological polar surface area (TPSA) is 74.2 Å². The second kappa shape index (κ2) is 6.46. The van der Waals surface area contributed by atoms with Crippen molar-refractivity contribution in [2.45, 2.75) is 43.8 Å². The van der Waals surface area contributed by atoms with E-state index in [0.717, 1.165) is 29.6 Å². The van der Waals surface area contributed by atoms with Crippen LogP contribution in [0.5, 0.6) is 5.75 Å². The van der Waals surface area contributed by atoms with Gasteiger partial charge in [-0.15, -0.1) is 10.2 Å². The van der Waals surface area contributed by atoms with Gasteiger partial charge in [-0.05, 0) is 49.9 Å². The summed E-state index contributed by atoms with van der Waals surface area (Å²) in [4.78, 5) is 6.53. The van der Waals surface area contributed by atoms with Crippen LogP contribution in [-0.2, 0) is 0 Å². The SMILES string of the molecule is CN(c1ccc(-c2cc3cccnc3cc2O)nn1)[C@@H]1C[C@H]2CC[C@@H](C1)N2. The van der Waals surface area contributed by atoms with E-state index < -0.39 is 0 Å². The molecule has 2 aliphatic rings. The Hall–Kier alpha value is -2.73. The summed E-state index contributed by atoms with van der Waals surface area (Å²) >= 11 is 0. The molecule has 1 aromatic carbocycles. The van der Waals surface area contributed by atoms with E-state index in [1.807, 2.05) is 30.3 Å². The summed E-state index contributed by atoms with van der Waals surface area (Å²) in [6, 6.07) is 13.2. The lowest BCUT2D eigenvalue weighted by Gasteiger charge is -2.36. The van der Waals surface area contributed by atoms with Gasteiger partial charge >= 0.3 is 0 Å². The molecule has 2 N–H and O–H groups in total. The molecule has 2 aliphatic heterocycles. The van der Waals surface area contributed by atoms with Crippen molar-refractivity contribution >= 4 is 16.7 Å². The fourth-order valence-electron chi connectivity index (χ4n) is 4.50. The van der Waals surface area contributed by atoms with E-state index in [1.54, 1.807) is 12.3 Å². The minimum atomic E-state index is 0.173. The predicted octanol–water partition coefficient (Wildman–Crippen LogP) is 3.12. The zero-order chi connectivity index (χ0) is 18.4. The van der Waals surface area contributed by atoms with E-state index in [4.69, 9.17) is 0 Å². The molecule has 5 rings (SSSR count). The fourth-order valence-corrected chi connectivity index (χ4v) is 4.50. The molecule has 6 heteroatoms. The maximum atomic E-state index is 10.4. The van der Waals surface area contributed by atoms with Crippen LogP contribution in [0.15, 0.2) is 42.6 Å². The average Bonchev–Trinajstić information content (AvgIpc) is 3.04. The highest BCUT2D eigenvalue weighted by atomic mass is 16.3. The fraction of sp³-hybridized carbons (Fsp3) is 0.381. The van der Waals surface area contributed by atoms with Crippen LogP contribution in [0.1, 0.15) is 25.7 Å². The number of hydrogen-bond donors (Lipinski definition) is 2. The van der Waals surface area contributed by atoms with Crippen molar-refractivity contribution in [3.05, 3.63) is 42.6 Å². The first-order valence-electron chi connectivity index (χ1n) is 9.58. The van der Waals surface area contributed by atoms with E-state index >= 15 is 0 Å². The molecule has 0 saturated carbocycles. The monoisotopic (exact) mass is 361 g/mol. The number of anilines is 1. The number of benzene rings is 1. The maximum Gasteiger partial charge on any atom is 0.151 e. The smallest absolute Gasteiger partial charge is 0.151 e. The number of nitrogens with zero attached hydrogens (tertiary/aromatic N) is 4. The number of pyridine rings is 1. The third-order valence-corrected chi connectivity index (χ3v) is 6.00. The molecule has 6 nitrogen and oxygen atoms in total. The zero-order valence-electron chi connectivity index (χ0n) is 15.3. The van der Waals surface area contributed by atoms with Crippen molar-refractivity contribution in [1.29, 1.82) is 0 Å². The lowest BCUT2D eigenvalue weighted by atomic mass is 9.98. The van der Waals surface area contributed by atoms with Crippen LogP contribution in [0.2, 0.25) is 0 Å². The minimum Gasteiger partial charge on any atom is -0.507 e. The first-order valence-corrected chi connectivity index (χ1v) is 9.58. The average molecular weight is 361 g/mol. The van der Waals surface area contributed by atoms with E-state index in [1.165, 1.54) is 12.8 Å². The lowest BCUT2D eigenvalue weighted by Crippen LogP contribution is -2.47. The summed E-state index contributed by atoms with van der Waals surface area (Å²) < 4.78 is 0. The number of nitrogens with one attached hydrogen (secondary N) is 1. The number of aromatic hydroxyl groups is 1. The Morgan fingerprint density at radius 1 is 1.07 bits per heavy atom. The number of phenolic OH excluding ortho intramolecular Hbond substituents is 1. The van der Waals surface area contributed by atoms with Gasteiger partial charge in [-0.25, -0.2) is 0 Å². The van der Waals surface area contributed by atoms with Crippen molar-refractivity contribution in [2.75, 3.05) is 11.9 Å². The maximum absolute atomic E-state index is 10.4. The largest absolute Gasteiger partial charge is 0.507 e. The molecule has 0 unspecified atom stereocenters. The number of rotatable bonds is 3. The standard InChI is InChI=1S/C21H23N5O/c1-26(16-10-14-4-5-15(11-16)23-14)21-7-6-18(24-25-21)17-9-13-3-2-8-22-19(13)12-20(17)27/h2-3,6-9,12,14-16,23,27H,4-5,10-11H2,1H3/t14-,15+,16-. The van der Waals surface area contributed by atoms with Gasteiger partial charge in [-0.2, -0.15) is 0 Å². The summed E-state index contributed by atoms with van der Waals surface area (Å²) in [6.45, 7) is 0. The normalized spacial score (nSPS) is 24.3. The van der Waals surface area contributed by atoms with Crippen molar-refractivity contribution in [3.8, 4) is 17.0 Å². The zero-order valence-corrected chi connectivity index (χ0v) is 15.3. The molecule has 2 aromatic heterocycles. The van der Waals surface area contributed by atoms with Crippen LogP contribution < -0.4 is 10.2 Å². The Labute approximate surface area is 158 Å². The first kappa shape index (κ1) is 16.4. The van der Waals surface area contributed by atoms with Crippen molar-refractivity contribution in [3.63, 3.8) is 0 Å². The minimum absolute atomic E-state index is 0.173. The van der Waals surface area contributed by atoms with Gasteiger partial charge in [0.15, 0.2) is 5.82 Å². The molecule has 3 aromatic rings. The Balaban J connectivity index is 1.41. The summed E-state index contributed by atoms with van der Waals surface area (Å²) in [5, 5.41) is 23.9. The summed E-state index contributed by atoms with van der Waals surface area (Å²) in [5.41, 5.74) is 2.11. The van der Waals surface area contributed by atoms with Gasteiger partial charge < -0.3 is 15.3 Å². The molecule has 0 radical (unpaired) electrons. The molecular formula is C21H23N5O. The van der Waals surface area contributed by atoms with Crippen LogP contribution >= 0.6 is 0 Å². The molecule has 0 amide bonds. The molecule has 0 aliphatic carbocycles. The highest BCUT2D eigenvalue weighted by Gasteiger charge is 2.35. The molecule has 27 heavy (non-hydrogen) atoms. The number of aromatic nitrogens is 3. The van der Waals surface area contributed by atoms with Crippen LogP contribution in [-0.4, -0.2) is 45.5 Å². The lowest BCUT2D eigenvalue weighted by molar-refractivity contribution is 0.353. The third kappa shape index (κ3) is 3.00. The number of hydrogen-bond acceptors (Lipinski definition) is 6. The van der Waals surface area contributed by atoms with E-state index in [2.05, 4.69) is 32.4 Å². The van der Waals surface area contributed by atoms with Crippen molar-refractivity contribution in [2.24, 2.45) is 0 Å². The second-order valence-electron chi connectivity index (χ2n) is 7.72. The highest BCUT2D eigenvalue weighted by Crippen LogP contribution is 2.33. The van der Waals surface area contributed by atoms with Gasteiger partial charge in [-0.1, -0.05) is 6.07 Å². The second-order valence-corrected chi connectivity index (χ2v) is 7.72. The number of fused-ring (bicyclic) bond motifs is 3. The Bertz CT molecular complexity index is 962. The van der Waals surface area contributed by atoms with Crippen LogP contribution in [0.4, 0.5) is 5.82 Å². The summed E-state index contributed by atoms with van der Waals surface area (Å²) in [6.07, 6.45) is 6.62. The van der Waals surface area contributed by atoms with Gasteiger partial charge in [0, 0.05) is 48.4 Å². The molecule has 0 spiro atoms. The van der Waals surface area contributed by atoms with Crippen molar-refractivity contribution < 1.29 is 5.11 Å². The predicted molar refractivity (Wildman–Crippen MR) is 106 cm³/mol. The number of phenols is 1. The Kier molecular flexibility index (Phi) is 3.93. The van der Waals surface area contributed by atoms with Crippen LogP contribution in [0, 0.1) is 0 Å². The Morgan fingerprint density at radius 2 is 1.89 bits per heavy atom.